The highest BCUT2D eigenvalue weighted by atomic mass is 35.5. The van der Waals surface area contributed by atoms with Crippen LogP contribution in [0.1, 0.15) is 72.1 Å². The summed E-state index contributed by atoms with van der Waals surface area (Å²) in [6.07, 6.45) is 4.98. The molecule has 2 aromatic carbocycles. The summed E-state index contributed by atoms with van der Waals surface area (Å²) < 4.78 is 0. The highest BCUT2D eigenvalue weighted by molar-refractivity contribution is 6.32. The molecular weight excluding hydrogens is 356 g/mol. The Bertz CT molecular complexity index is 934. The van der Waals surface area contributed by atoms with Crippen LogP contribution in [0, 0.1) is 0 Å². The molecule has 0 atom stereocenters. The van der Waals surface area contributed by atoms with Crippen molar-refractivity contribution >= 4 is 23.0 Å². The Morgan fingerprint density at radius 3 is 2.22 bits per heavy atom. The highest BCUT2D eigenvalue weighted by Crippen LogP contribution is 2.59. The van der Waals surface area contributed by atoms with Crippen LogP contribution in [-0.4, -0.2) is 17.5 Å². The molecule has 0 amide bonds. The first-order chi connectivity index (χ1) is 12.8. The first kappa shape index (κ1) is 18.5. The molecule has 1 saturated carbocycles. The Hall–Kier alpha value is -1.90. The minimum atomic E-state index is -0.477. The number of benzene rings is 2. The number of aliphatic hydroxyl groups excluding tert-OH is 1. The number of aliphatic hydroxyl groups is 1. The van der Waals surface area contributed by atoms with Crippen molar-refractivity contribution in [3.05, 3.63) is 75.8 Å². The van der Waals surface area contributed by atoms with Crippen molar-refractivity contribution < 1.29 is 9.90 Å². The lowest BCUT2D eigenvalue weighted by atomic mass is 9.66. The van der Waals surface area contributed by atoms with Crippen molar-refractivity contribution in [3.63, 3.8) is 0 Å². The van der Waals surface area contributed by atoms with Crippen LogP contribution in [0.5, 0.6) is 0 Å². The number of carbonyl (C=O) groups is 1. The quantitative estimate of drug-likeness (QED) is 0.693. The molecule has 0 bridgehead atoms. The van der Waals surface area contributed by atoms with Gasteiger partial charge in [0.1, 0.15) is 6.61 Å². The molecule has 2 aliphatic rings. The lowest BCUT2D eigenvalue weighted by Crippen LogP contribution is -2.30. The van der Waals surface area contributed by atoms with Gasteiger partial charge in [-0.1, -0.05) is 56.3 Å². The minimum absolute atomic E-state index is 0.152. The molecule has 27 heavy (non-hydrogen) atoms. The zero-order valence-electron chi connectivity index (χ0n) is 15.9. The topological polar surface area (TPSA) is 37.3 Å². The van der Waals surface area contributed by atoms with Crippen LogP contribution in [0.4, 0.5) is 0 Å². The molecule has 1 fully saturated rings. The maximum Gasteiger partial charge on any atom is 0.188 e. The van der Waals surface area contributed by atoms with Gasteiger partial charge < -0.3 is 5.11 Å². The molecule has 1 spiro atoms. The standard InChI is InChI=1S/C24H25ClO2/c1-15(16-4-6-17(7-5-16)22(27)14-26)18-12-20-19(13-21(18)25)23(2,3)8-9-24(20)10-11-24/h4-7,12-13,26H,1,8-11,14H2,2-3H3. The Morgan fingerprint density at radius 2 is 1.63 bits per heavy atom. The predicted octanol–water partition coefficient (Wildman–Crippen LogP) is 5.68. The second-order valence-electron chi connectivity index (χ2n) is 8.68. The Kier molecular flexibility index (Phi) is 4.32. The van der Waals surface area contributed by atoms with E-state index in [4.69, 9.17) is 16.7 Å². The normalized spacial score (nSPS) is 18.8. The van der Waals surface area contributed by atoms with Crippen molar-refractivity contribution in [2.75, 3.05) is 6.61 Å². The van der Waals surface area contributed by atoms with Crippen molar-refractivity contribution in [1.29, 1.82) is 0 Å². The van der Waals surface area contributed by atoms with E-state index in [2.05, 4.69) is 32.6 Å². The molecule has 2 aromatic rings. The summed E-state index contributed by atoms with van der Waals surface area (Å²) in [5.74, 6) is -0.281. The van der Waals surface area contributed by atoms with Crippen LogP contribution in [0.3, 0.4) is 0 Å². The van der Waals surface area contributed by atoms with Gasteiger partial charge in [-0.15, -0.1) is 0 Å². The lowest BCUT2D eigenvalue weighted by Gasteiger charge is -2.38. The maximum absolute atomic E-state index is 11.6. The lowest BCUT2D eigenvalue weighted by molar-refractivity contribution is 0.0903. The number of carbonyl (C=O) groups excluding carboxylic acids is 1. The third kappa shape index (κ3) is 3.05. The van der Waals surface area contributed by atoms with Crippen molar-refractivity contribution in [1.82, 2.24) is 0 Å². The first-order valence-electron chi connectivity index (χ1n) is 9.56. The summed E-state index contributed by atoms with van der Waals surface area (Å²) in [5, 5.41) is 9.74. The number of hydrogen-bond donors (Lipinski definition) is 1. The van der Waals surface area contributed by atoms with Crippen molar-refractivity contribution in [2.45, 2.75) is 50.4 Å². The van der Waals surface area contributed by atoms with E-state index in [1.807, 2.05) is 12.1 Å². The molecule has 2 aliphatic carbocycles. The van der Waals surface area contributed by atoms with Gasteiger partial charge in [0.25, 0.3) is 0 Å². The number of rotatable bonds is 4. The van der Waals surface area contributed by atoms with Gasteiger partial charge in [0, 0.05) is 16.1 Å². The molecule has 1 N–H and O–H groups in total. The smallest absolute Gasteiger partial charge is 0.188 e. The molecule has 3 heteroatoms. The summed E-state index contributed by atoms with van der Waals surface area (Å²) in [6.45, 7) is 8.42. The predicted molar refractivity (Wildman–Crippen MR) is 111 cm³/mol. The molecule has 140 valence electrons. The Labute approximate surface area is 165 Å². The fraction of sp³-hybridized carbons (Fsp3) is 0.375. The third-order valence-corrected chi connectivity index (χ3v) is 6.83. The van der Waals surface area contributed by atoms with Gasteiger partial charge in [-0.25, -0.2) is 0 Å². The number of halogens is 1. The van der Waals surface area contributed by atoms with E-state index in [0.717, 1.165) is 21.7 Å². The van der Waals surface area contributed by atoms with Gasteiger partial charge in [0.2, 0.25) is 0 Å². The summed E-state index contributed by atoms with van der Waals surface area (Å²) in [6, 6.07) is 11.6. The second-order valence-corrected chi connectivity index (χ2v) is 9.09. The van der Waals surface area contributed by atoms with E-state index >= 15 is 0 Å². The van der Waals surface area contributed by atoms with Gasteiger partial charge >= 0.3 is 0 Å². The molecule has 0 radical (unpaired) electrons. The van der Waals surface area contributed by atoms with Gasteiger partial charge in [-0.2, -0.15) is 0 Å². The number of Topliss-reactive ketones (excluding diaryl/α,β-unsaturated/α-hetero) is 1. The van der Waals surface area contributed by atoms with Crippen molar-refractivity contribution in [2.24, 2.45) is 0 Å². The Morgan fingerprint density at radius 1 is 1.04 bits per heavy atom. The SMILES string of the molecule is C=C(c1ccc(C(=O)CO)cc1)c1cc2c(cc1Cl)C(C)(C)CCC21CC1. The summed E-state index contributed by atoms with van der Waals surface area (Å²) >= 11 is 6.70. The molecule has 2 nitrogen and oxygen atoms in total. The summed E-state index contributed by atoms with van der Waals surface area (Å²) in [5.41, 5.74) is 6.62. The van der Waals surface area contributed by atoms with Crippen LogP contribution >= 0.6 is 11.6 Å². The van der Waals surface area contributed by atoms with Crippen LogP contribution in [0.2, 0.25) is 5.02 Å². The fourth-order valence-corrected chi connectivity index (χ4v) is 4.68. The number of fused-ring (bicyclic) bond motifs is 2. The molecule has 0 heterocycles. The average Bonchev–Trinajstić information content (AvgIpc) is 3.45. The zero-order chi connectivity index (χ0) is 19.4. The van der Waals surface area contributed by atoms with Crippen LogP contribution < -0.4 is 0 Å². The molecule has 4 rings (SSSR count). The van der Waals surface area contributed by atoms with E-state index in [1.165, 1.54) is 36.8 Å². The fourth-order valence-electron chi connectivity index (χ4n) is 4.40. The molecule has 0 unspecified atom stereocenters. The zero-order valence-corrected chi connectivity index (χ0v) is 16.7. The average molecular weight is 381 g/mol. The largest absolute Gasteiger partial charge is 0.388 e. The third-order valence-electron chi connectivity index (χ3n) is 6.51. The van der Waals surface area contributed by atoms with Gasteiger partial charge in [0.05, 0.1) is 0 Å². The summed E-state index contributed by atoms with van der Waals surface area (Å²) in [4.78, 5) is 11.6. The van der Waals surface area contributed by atoms with E-state index in [-0.39, 0.29) is 11.2 Å². The van der Waals surface area contributed by atoms with E-state index < -0.39 is 6.61 Å². The van der Waals surface area contributed by atoms with Crippen molar-refractivity contribution in [3.8, 4) is 0 Å². The molecular formula is C24H25ClO2. The second kappa shape index (κ2) is 6.32. The molecule has 0 saturated heterocycles. The van der Waals surface area contributed by atoms with Crippen LogP contribution in [0.15, 0.2) is 43.0 Å². The summed E-state index contributed by atoms with van der Waals surface area (Å²) in [7, 11) is 0. The van der Waals surface area contributed by atoms with E-state index in [0.29, 0.717) is 11.0 Å². The Balaban J connectivity index is 1.74. The van der Waals surface area contributed by atoms with Crippen LogP contribution in [-0.2, 0) is 10.8 Å². The van der Waals surface area contributed by atoms with Gasteiger partial charge in [0.15, 0.2) is 5.78 Å². The molecule has 0 aromatic heterocycles. The number of hydrogen-bond acceptors (Lipinski definition) is 2. The monoisotopic (exact) mass is 380 g/mol. The molecule has 0 aliphatic heterocycles. The first-order valence-corrected chi connectivity index (χ1v) is 9.93. The van der Waals surface area contributed by atoms with Gasteiger partial charge in [-0.05, 0) is 70.9 Å². The van der Waals surface area contributed by atoms with E-state index in [9.17, 15) is 4.79 Å². The maximum atomic E-state index is 11.6. The number of ketones is 1. The van der Waals surface area contributed by atoms with Gasteiger partial charge in [-0.3, -0.25) is 4.79 Å². The highest BCUT2D eigenvalue weighted by Gasteiger charge is 2.50. The van der Waals surface area contributed by atoms with Crippen LogP contribution in [0.25, 0.3) is 5.57 Å². The van der Waals surface area contributed by atoms with E-state index in [1.54, 1.807) is 12.1 Å². The minimum Gasteiger partial charge on any atom is -0.388 e.